The number of benzene rings is 4. The number of alkyl halides is 1. The third kappa shape index (κ3) is 3.02. The van der Waals surface area contributed by atoms with E-state index < -0.39 is 9.74 Å². The maximum atomic E-state index is 14.0. The van der Waals surface area contributed by atoms with Crippen LogP contribution in [0.25, 0.3) is 22.0 Å². The Bertz CT molecular complexity index is 1620. The van der Waals surface area contributed by atoms with E-state index >= 15 is 0 Å². The van der Waals surface area contributed by atoms with E-state index in [4.69, 9.17) is 4.98 Å². The van der Waals surface area contributed by atoms with Crippen LogP contribution < -0.4 is 5.32 Å². The number of thiazole rings is 1. The van der Waals surface area contributed by atoms with E-state index in [1.807, 2.05) is 17.5 Å². The Balaban J connectivity index is 1.26. The molecule has 5 heteroatoms. The Hall–Kier alpha value is -3.28. The van der Waals surface area contributed by atoms with E-state index in [1.54, 1.807) is 0 Å². The number of nitrogens with one attached hydrogen (secondary N) is 1. The standard InChI is InChI=1S/C31H23BrN2OS/c1-30(18-31(32)24-15-6-4-12-22(24)27(30)23-13-5-7-16-25(23)31)28(35)34-29-33-26(17-36-29)21-14-8-10-19-9-2-3-11-20(19)21/h2-17,27H,18H2,1H3,(H,33,34,35). The molecule has 1 amide bonds. The lowest BCUT2D eigenvalue weighted by molar-refractivity contribution is -0.127. The first-order chi connectivity index (χ1) is 17.5. The lowest BCUT2D eigenvalue weighted by Gasteiger charge is -2.54. The Morgan fingerprint density at radius 2 is 1.56 bits per heavy atom. The van der Waals surface area contributed by atoms with Crippen LogP contribution >= 0.6 is 27.3 Å². The third-order valence-electron chi connectivity index (χ3n) is 7.95. The molecule has 0 spiro atoms. The quantitative estimate of drug-likeness (QED) is 0.230. The molecule has 1 heterocycles. The van der Waals surface area contributed by atoms with Gasteiger partial charge in [-0.1, -0.05) is 107 Å². The largest absolute Gasteiger partial charge is 0.301 e. The van der Waals surface area contributed by atoms with Crippen LogP contribution in [0.4, 0.5) is 5.13 Å². The first kappa shape index (κ1) is 22.0. The van der Waals surface area contributed by atoms with Crippen molar-refractivity contribution in [3.05, 3.63) is 119 Å². The smallest absolute Gasteiger partial charge is 0.233 e. The van der Waals surface area contributed by atoms with Gasteiger partial charge in [0.15, 0.2) is 5.13 Å². The summed E-state index contributed by atoms with van der Waals surface area (Å²) < 4.78 is -0.391. The summed E-state index contributed by atoms with van der Waals surface area (Å²) in [6, 6.07) is 31.7. The van der Waals surface area contributed by atoms with Gasteiger partial charge in [0.25, 0.3) is 0 Å². The van der Waals surface area contributed by atoms with Gasteiger partial charge in [-0.2, -0.15) is 0 Å². The van der Waals surface area contributed by atoms with Crippen molar-refractivity contribution >= 4 is 49.1 Å². The Labute approximate surface area is 222 Å². The van der Waals surface area contributed by atoms with E-state index in [9.17, 15) is 4.79 Å². The van der Waals surface area contributed by atoms with Gasteiger partial charge in [-0.05, 0) is 46.4 Å². The van der Waals surface area contributed by atoms with Crippen molar-refractivity contribution in [2.24, 2.45) is 5.41 Å². The van der Waals surface area contributed by atoms with Crippen molar-refractivity contribution in [3.63, 3.8) is 0 Å². The number of anilines is 1. The monoisotopic (exact) mass is 550 g/mol. The molecule has 36 heavy (non-hydrogen) atoms. The van der Waals surface area contributed by atoms with Gasteiger partial charge >= 0.3 is 0 Å². The number of carbonyl (C=O) groups is 1. The molecule has 3 aliphatic rings. The molecule has 0 saturated heterocycles. The zero-order chi connectivity index (χ0) is 24.5. The van der Waals surface area contributed by atoms with Gasteiger partial charge in [0.2, 0.25) is 5.91 Å². The van der Waals surface area contributed by atoms with Gasteiger partial charge in [0.05, 0.1) is 15.4 Å². The van der Waals surface area contributed by atoms with Gasteiger partial charge in [-0.15, -0.1) is 11.3 Å². The second-order valence-corrected chi connectivity index (χ2v) is 12.2. The highest BCUT2D eigenvalue weighted by Crippen LogP contribution is 2.66. The molecule has 5 aromatic rings. The highest BCUT2D eigenvalue weighted by atomic mass is 79.9. The van der Waals surface area contributed by atoms with Gasteiger partial charge in [0, 0.05) is 16.9 Å². The molecule has 1 atom stereocenters. The summed E-state index contributed by atoms with van der Waals surface area (Å²) in [6.07, 6.45) is 0.687. The molecular weight excluding hydrogens is 528 g/mol. The number of nitrogens with zero attached hydrogens (tertiary/aromatic N) is 1. The predicted octanol–water partition coefficient (Wildman–Crippen LogP) is 8.10. The van der Waals surface area contributed by atoms with E-state index in [2.05, 4.69) is 107 Å². The number of amides is 1. The number of carbonyl (C=O) groups excluding carboxylic acids is 1. The van der Waals surface area contributed by atoms with Crippen LogP contribution in [0.3, 0.4) is 0 Å². The average molecular weight is 552 g/mol. The highest BCUT2D eigenvalue weighted by molar-refractivity contribution is 9.09. The predicted molar refractivity (Wildman–Crippen MR) is 151 cm³/mol. The number of hydrogen-bond donors (Lipinski definition) is 1. The summed E-state index contributed by atoms with van der Waals surface area (Å²) in [6.45, 7) is 2.11. The second kappa shape index (κ2) is 7.86. The summed E-state index contributed by atoms with van der Waals surface area (Å²) in [5.41, 5.74) is 6.33. The summed E-state index contributed by atoms with van der Waals surface area (Å²) in [4.78, 5) is 18.9. The minimum absolute atomic E-state index is 0.0122. The Morgan fingerprint density at radius 3 is 2.31 bits per heavy atom. The zero-order valence-corrected chi connectivity index (χ0v) is 22.1. The normalized spacial score (nSPS) is 23.8. The van der Waals surface area contributed by atoms with Crippen LogP contribution in [0.5, 0.6) is 0 Å². The van der Waals surface area contributed by atoms with Gasteiger partial charge in [-0.25, -0.2) is 4.98 Å². The molecule has 0 aliphatic heterocycles. The minimum Gasteiger partial charge on any atom is -0.301 e. The maximum absolute atomic E-state index is 14.0. The van der Waals surface area contributed by atoms with Crippen LogP contribution in [0.1, 0.15) is 41.5 Å². The Kier molecular flexibility index (Phi) is 4.79. The molecule has 176 valence electrons. The van der Waals surface area contributed by atoms with Crippen molar-refractivity contribution in [1.29, 1.82) is 0 Å². The fourth-order valence-corrected chi connectivity index (χ4v) is 8.38. The van der Waals surface area contributed by atoms with Crippen molar-refractivity contribution in [2.75, 3.05) is 5.32 Å². The van der Waals surface area contributed by atoms with Crippen molar-refractivity contribution in [1.82, 2.24) is 4.98 Å². The summed E-state index contributed by atoms with van der Waals surface area (Å²) >= 11 is 5.60. The van der Waals surface area contributed by atoms with Crippen molar-refractivity contribution in [3.8, 4) is 11.3 Å². The first-order valence-electron chi connectivity index (χ1n) is 12.1. The zero-order valence-electron chi connectivity index (χ0n) is 19.7. The van der Waals surface area contributed by atoms with Crippen molar-refractivity contribution in [2.45, 2.75) is 23.6 Å². The molecule has 0 radical (unpaired) electrons. The molecule has 3 aliphatic carbocycles. The second-order valence-electron chi connectivity index (χ2n) is 10.0. The molecule has 2 bridgehead atoms. The number of hydrogen-bond acceptors (Lipinski definition) is 3. The molecular formula is C31H23BrN2OS. The van der Waals surface area contributed by atoms with E-state index in [0.29, 0.717) is 11.6 Å². The SMILES string of the molecule is CC1(C(=O)Nc2nc(-c3cccc4ccccc34)cs2)CC2(Br)c3ccccc3C1c1ccccc12. The molecule has 0 saturated carbocycles. The lowest BCUT2D eigenvalue weighted by Crippen LogP contribution is -2.52. The van der Waals surface area contributed by atoms with Crippen LogP contribution in [-0.2, 0) is 9.12 Å². The molecule has 1 aromatic heterocycles. The van der Waals surface area contributed by atoms with Gasteiger partial charge in [0.1, 0.15) is 0 Å². The highest BCUT2D eigenvalue weighted by Gasteiger charge is 2.59. The van der Waals surface area contributed by atoms with Crippen LogP contribution in [-0.4, -0.2) is 10.9 Å². The van der Waals surface area contributed by atoms with Crippen molar-refractivity contribution < 1.29 is 4.79 Å². The van der Waals surface area contributed by atoms with Crippen LogP contribution in [0.15, 0.2) is 96.4 Å². The third-order valence-corrected chi connectivity index (χ3v) is 9.85. The average Bonchev–Trinajstić information content (AvgIpc) is 3.37. The van der Waals surface area contributed by atoms with Crippen LogP contribution in [0, 0.1) is 5.41 Å². The number of aromatic nitrogens is 1. The summed E-state index contributed by atoms with van der Waals surface area (Å²) in [5, 5.41) is 8.21. The van der Waals surface area contributed by atoms with Gasteiger partial charge < -0.3 is 5.32 Å². The number of halogens is 1. The summed E-state index contributed by atoms with van der Waals surface area (Å²) in [5.74, 6) is 0.000903. The maximum Gasteiger partial charge on any atom is 0.233 e. The molecule has 1 N–H and O–H groups in total. The van der Waals surface area contributed by atoms with Crippen LogP contribution in [0.2, 0.25) is 0 Å². The molecule has 3 nitrogen and oxygen atoms in total. The topological polar surface area (TPSA) is 42.0 Å². The summed E-state index contributed by atoms with van der Waals surface area (Å²) in [7, 11) is 0. The molecule has 8 rings (SSSR count). The van der Waals surface area contributed by atoms with Gasteiger partial charge in [-0.3, -0.25) is 4.79 Å². The molecule has 1 unspecified atom stereocenters. The fourth-order valence-electron chi connectivity index (χ4n) is 6.37. The molecule has 0 fully saturated rings. The lowest BCUT2D eigenvalue weighted by atomic mass is 9.52. The first-order valence-corrected chi connectivity index (χ1v) is 13.8. The Morgan fingerprint density at radius 1 is 0.917 bits per heavy atom. The van der Waals surface area contributed by atoms with E-state index in [0.717, 1.165) is 16.6 Å². The van der Waals surface area contributed by atoms with E-state index in [-0.39, 0.29) is 11.8 Å². The van der Waals surface area contributed by atoms with E-state index in [1.165, 1.54) is 39.0 Å². The molecule has 4 aromatic carbocycles. The fraction of sp³-hybridized carbons (Fsp3) is 0.161. The number of rotatable bonds is 3. The number of fused-ring (bicyclic) bond motifs is 2. The minimum atomic E-state index is -0.627.